The zero-order valence-electron chi connectivity index (χ0n) is 17.2. The molecule has 4 heteroatoms. The van der Waals surface area contributed by atoms with Crippen molar-refractivity contribution in [1.29, 1.82) is 0 Å². The standard InChI is InChI=1S/C23H34O4/c1-6-7-8-9-10-17-13-18(24)14-19(20(17)21(25)26)27-23(5)15-22(3,4)12-11-16(23)2/h13-14,24H,2,6-12,15H2,1,3-5H3,(H,25,26). The Morgan fingerprint density at radius 1 is 1.22 bits per heavy atom. The molecule has 0 radical (unpaired) electrons. The lowest BCUT2D eigenvalue weighted by molar-refractivity contribution is 0.0414. The second kappa shape index (κ2) is 8.37. The van der Waals surface area contributed by atoms with E-state index in [1.54, 1.807) is 6.07 Å². The number of carbonyl (C=O) groups is 1. The molecule has 2 rings (SSSR count). The van der Waals surface area contributed by atoms with Crippen molar-refractivity contribution in [3.8, 4) is 11.5 Å². The van der Waals surface area contributed by atoms with E-state index in [-0.39, 0.29) is 22.5 Å². The third-order valence-corrected chi connectivity index (χ3v) is 5.68. The molecule has 1 aromatic carbocycles. The third kappa shape index (κ3) is 5.27. The Labute approximate surface area is 163 Å². The first-order valence-electron chi connectivity index (χ1n) is 10.0. The molecule has 2 N–H and O–H groups in total. The van der Waals surface area contributed by atoms with Crippen LogP contribution in [0.1, 0.15) is 88.6 Å². The number of phenolic OH excluding ortho intramolecular Hbond substituents is 1. The topological polar surface area (TPSA) is 66.8 Å². The molecule has 1 atom stereocenters. The molecule has 0 bridgehead atoms. The Bertz CT molecular complexity index is 705. The third-order valence-electron chi connectivity index (χ3n) is 5.68. The SMILES string of the molecule is C=C1CCC(C)(C)CC1(C)Oc1cc(O)cc(CCCCCC)c1C(=O)O. The van der Waals surface area contributed by atoms with E-state index in [0.717, 1.165) is 50.5 Å². The molecule has 0 aromatic heterocycles. The van der Waals surface area contributed by atoms with Crippen LogP contribution in [0.3, 0.4) is 0 Å². The highest BCUT2D eigenvalue weighted by Crippen LogP contribution is 2.46. The Hall–Kier alpha value is -1.97. The largest absolute Gasteiger partial charge is 0.508 e. The normalized spacial score (nSPS) is 21.9. The van der Waals surface area contributed by atoms with Crippen molar-refractivity contribution >= 4 is 5.97 Å². The van der Waals surface area contributed by atoms with Crippen molar-refractivity contribution < 1.29 is 19.7 Å². The fourth-order valence-electron chi connectivity index (χ4n) is 4.15. The van der Waals surface area contributed by atoms with E-state index in [0.29, 0.717) is 12.0 Å². The van der Waals surface area contributed by atoms with E-state index < -0.39 is 11.6 Å². The van der Waals surface area contributed by atoms with Gasteiger partial charge in [-0.25, -0.2) is 4.79 Å². The molecule has 0 saturated heterocycles. The van der Waals surface area contributed by atoms with Crippen LogP contribution in [0.25, 0.3) is 0 Å². The number of carboxylic acid groups (broad SMARTS) is 1. The van der Waals surface area contributed by atoms with Crippen molar-refractivity contribution in [2.24, 2.45) is 5.41 Å². The number of aromatic hydroxyl groups is 1. The van der Waals surface area contributed by atoms with Gasteiger partial charge in [0.1, 0.15) is 22.7 Å². The second-order valence-electron chi connectivity index (χ2n) is 8.87. The van der Waals surface area contributed by atoms with Crippen LogP contribution in [0.4, 0.5) is 0 Å². The summed E-state index contributed by atoms with van der Waals surface area (Å²) in [6, 6.07) is 2.99. The van der Waals surface area contributed by atoms with Gasteiger partial charge in [-0.1, -0.05) is 46.6 Å². The Balaban J connectivity index is 2.36. The van der Waals surface area contributed by atoms with E-state index in [1.807, 2.05) is 6.92 Å². The van der Waals surface area contributed by atoms with E-state index in [1.165, 1.54) is 6.07 Å². The molecule has 1 fully saturated rings. The van der Waals surface area contributed by atoms with Gasteiger partial charge in [-0.15, -0.1) is 0 Å². The number of carboxylic acids is 1. The Kier molecular flexibility index (Phi) is 6.61. The van der Waals surface area contributed by atoms with Gasteiger partial charge in [0.05, 0.1) is 0 Å². The van der Waals surface area contributed by atoms with Crippen LogP contribution >= 0.6 is 0 Å². The van der Waals surface area contributed by atoms with Crippen LogP contribution < -0.4 is 4.74 Å². The van der Waals surface area contributed by atoms with Gasteiger partial charge in [-0.3, -0.25) is 0 Å². The smallest absolute Gasteiger partial charge is 0.339 e. The molecule has 150 valence electrons. The summed E-state index contributed by atoms with van der Waals surface area (Å²) in [4.78, 5) is 12.0. The molecular formula is C23H34O4. The number of rotatable bonds is 8. The maximum atomic E-state index is 12.0. The monoisotopic (exact) mass is 374 g/mol. The molecule has 27 heavy (non-hydrogen) atoms. The summed E-state index contributed by atoms with van der Waals surface area (Å²) in [7, 11) is 0. The van der Waals surface area contributed by atoms with Gasteiger partial charge >= 0.3 is 5.97 Å². The van der Waals surface area contributed by atoms with Crippen LogP contribution in [0.5, 0.6) is 11.5 Å². The second-order valence-corrected chi connectivity index (χ2v) is 8.87. The maximum Gasteiger partial charge on any atom is 0.339 e. The van der Waals surface area contributed by atoms with Crippen molar-refractivity contribution in [2.45, 2.75) is 84.7 Å². The summed E-state index contributed by atoms with van der Waals surface area (Å²) in [5.41, 5.74) is 1.24. The average molecular weight is 375 g/mol. The van der Waals surface area contributed by atoms with E-state index in [4.69, 9.17) is 4.74 Å². The summed E-state index contributed by atoms with van der Waals surface area (Å²) in [6.07, 6.45) is 7.47. The zero-order chi connectivity index (χ0) is 20.2. The van der Waals surface area contributed by atoms with E-state index in [9.17, 15) is 15.0 Å². The number of ether oxygens (including phenoxy) is 1. The van der Waals surface area contributed by atoms with Crippen LogP contribution in [-0.4, -0.2) is 21.8 Å². The van der Waals surface area contributed by atoms with Crippen molar-refractivity contribution in [2.75, 3.05) is 0 Å². The van der Waals surface area contributed by atoms with Gasteiger partial charge in [0.25, 0.3) is 0 Å². The molecule has 1 aromatic rings. The number of phenols is 1. The molecule has 1 aliphatic rings. The van der Waals surface area contributed by atoms with Crippen molar-refractivity contribution in [1.82, 2.24) is 0 Å². The maximum absolute atomic E-state index is 12.0. The highest BCUT2D eigenvalue weighted by Gasteiger charge is 2.41. The summed E-state index contributed by atoms with van der Waals surface area (Å²) >= 11 is 0. The lowest BCUT2D eigenvalue weighted by atomic mass is 9.68. The molecule has 1 saturated carbocycles. The van der Waals surface area contributed by atoms with Gasteiger partial charge < -0.3 is 14.9 Å². The number of benzene rings is 1. The Morgan fingerprint density at radius 2 is 1.93 bits per heavy atom. The number of unbranched alkanes of at least 4 members (excludes halogenated alkanes) is 3. The zero-order valence-corrected chi connectivity index (χ0v) is 17.2. The lowest BCUT2D eigenvalue weighted by Gasteiger charge is -2.44. The molecular weight excluding hydrogens is 340 g/mol. The van der Waals surface area contributed by atoms with E-state index >= 15 is 0 Å². The van der Waals surface area contributed by atoms with Crippen LogP contribution in [0.15, 0.2) is 24.3 Å². The van der Waals surface area contributed by atoms with Crippen LogP contribution in [0.2, 0.25) is 0 Å². The highest BCUT2D eigenvalue weighted by atomic mass is 16.5. The number of aryl methyl sites for hydroxylation is 1. The number of hydrogen-bond donors (Lipinski definition) is 2. The van der Waals surface area contributed by atoms with Gasteiger partial charge in [0.15, 0.2) is 0 Å². The molecule has 0 amide bonds. The van der Waals surface area contributed by atoms with Crippen LogP contribution in [0, 0.1) is 5.41 Å². The predicted molar refractivity (Wildman–Crippen MR) is 109 cm³/mol. The first-order chi connectivity index (χ1) is 12.6. The number of aromatic carboxylic acids is 1. The van der Waals surface area contributed by atoms with Gasteiger partial charge in [-0.2, -0.15) is 0 Å². The van der Waals surface area contributed by atoms with Crippen molar-refractivity contribution in [3.63, 3.8) is 0 Å². The minimum absolute atomic E-state index is 0.0461. The average Bonchev–Trinajstić information content (AvgIpc) is 2.54. The fraction of sp³-hybridized carbons (Fsp3) is 0.609. The predicted octanol–water partition coefficient (Wildman–Crippen LogP) is 6.12. The summed E-state index contributed by atoms with van der Waals surface area (Å²) in [5.74, 6) is -0.723. The molecule has 0 spiro atoms. The van der Waals surface area contributed by atoms with Gasteiger partial charge in [0, 0.05) is 6.07 Å². The lowest BCUT2D eigenvalue weighted by Crippen LogP contribution is -2.43. The molecule has 0 heterocycles. The molecule has 0 aliphatic heterocycles. The van der Waals surface area contributed by atoms with Crippen LogP contribution in [-0.2, 0) is 6.42 Å². The van der Waals surface area contributed by atoms with E-state index in [2.05, 4.69) is 27.4 Å². The molecule has 1 aliphatic carbocycles. The minimum Gasteiger partial charge on any atom is -0.508 e. The summed E-state index contributed by atoms with van der Waals surface area (Å²) in [5, 5.41) is 20.0. The highest BCUT2D eigenvalue weighted by molar-refractivity contribution is 5.93. The quantitative estimate of drug-likeness (QED) is 0.425. The van der Waals surface area contributed by atoms with Crippen molar-refractivity contribution in [3.05, 3.63) is 35.4 Å². The Morgan fingerprint density at radius 3 is 2.56 bits per heavy atom. The first kappa shape index (κ1) is 21.3. The molecule has 1 unspecified atom stereocenters. The molecule has 4 nitrogen and oxygen atoms in total. The summed E-state index contributed by atoms with van der Waals surface area (Å²) in [6.45, 7) is 12.7. The minimum atomic E-state index is -1.01. The number of hydrogen-bond acceptors (Lipinski definition) is 3. The fourth-order valence-corrected chi connectivity index (χ4v) is 4.15. The van der Waals surface area contributed by atoms with Gasteiger partial charge in [-0.05, 0) is 61.6 Å². The summed E-state index contributed by atoms with van der Waals surface area (Å²) < 4.78 is 6.29. The van der Waals surface area contributed by atoms with Gasteiger partial charge in [0.2, 0.25) is 0 Å². The first-order valence-corrected chi connectivity index (χ1v) is 10.0.